The van der Waals surface area contributed by atoms with Gasteiger partial charge in [0.1, 0.15) is 11.6 Å². The molecule has 0 spiro atoms. The van der Waals surface area contributed by atoms with Crippen LogP contribution >= 0.6 is 0 Å². The van der Waals surface area contributed by atoms with Crippen LogP contribution in [-0.4, -0.2) is 47.0 Å². The van der Waals surface area contributed by atoms with Crippen LogP contribution in [0, 0.1) is 5.92 Å². The van der Waals surface area contributed by atoms with Crippen molar-refractivity contribution in [2.24, 2.45) is 5.92 Å². The lowest BCUT2D eigenvalue weighted by atomic mass is 9.93. The molecule has 0 aromatic carbocycles. The zero-order chi connectivity index (χ0) is 17.7. The maximum absolute atomic E-state index is 11.7. The molecule has 25 heavy (non-hydrogen) atoms. The van der Waals surface area contributed by atoms with Crippen LogP contribution < -0.4 is 5.32 Å². The van der Waals surface area contributed by atoms with E-state index in [2.05, 4.69) is 20.3 Å². The molecule has 1 saturated heterocycles. The minimum Gasteiger partial charge on any atom is -0.324 e. The SMILES string of the molecule is CS(=O)(=O)N1CCCC(CCc2ccnc(Nc3cnccn3)c2)C1. The van der Waals surface area contributed by atoms with Crippen molar-refractivity contribution in [2.75, 3.05) is 24.7 Å². The molecule has 134 valence electrons. The number of sulfonamides is 1. The van der Waals surface area contributed by atoms with Crippen LogP contribution in [0.4, 0.5) is 11.6 Å². The van der Waals surface area contributed by atoms with E-state index in [-0.39, 0.29) is 0 Å². The number of nitrogens with zero attached hydrogens (tertiary/aromatic N) is 4. The van der Waals surface area contributed by atoms with Crippen molar-refractivity contribution in [2.45, 2.75) is 25.7 Å². The monoisotopic (exact) mass is 361 g/mol. The van der Waals surface area contributed by atoms with E-state index in [9.17, 15) is 8.42 Å². The fourth-order valence-electron chi connectivity index (χ4n) is 3.13. The summed E-state index contributed by atoms with van der Waals surface area (Å²) in [6.45, 7) is 1.28. The largest absolute Gasteiger partial charge is 0.324 e. The number of hydrogen-bond donors (Lipinski definition) is 1. The van der Waals surface area contributed by atoms with Crippen molar-refractivity contribution < 1.29 is 8.42 Å². The standard InChI is InChI=1S/C17H23N5O2S/c1-25(23,24)22-10-2-3-15(13-22)5-4-14-6-7-19-16(11-14)21-17-12-18-8-9-20-17/h6-9,11-12,15H,2-5,10,13H2,1H3,(H,19,20,21). The molecule has 0 saturated carbocycles. The molecule has 1 unspecified atom stereocenters. The molecule has 3 rings (SSSR count). The van der Waals surface area contributed by atoms with E-state index in [1.165, 1.54) is 11.8 Å². The number of pyridine rings is 1. The van der Waals surface area contributed by atoms with E-state index < -0.39 is 10.0 Å². The van der Waals surface area contributed by atoms with Gasteiger partial charge in [0.25, 0.3) is 0 Å². The quantitative estimate of drug-likeness (QED) is 0.849. The van der Waals surface area contributed by atoms with E-state index in [0.717, 1.165) is 31.5 Å². The lowest BCUT2D eigenvalue weighted by Gasteiger charge is -2.31. The number of anilines is 2. The molecular formula is C17H23N5O2S. The van der Waals surface area contributed by atoms with E-state index in [0.29, 0.717) is 24.8 Å². The average Bonchev–Trinajstić information content (AvgIpc) is 2.61. The molecule has 1 atom stereocenters. The summed E-state index contributed by atoms with van der Waals surface area (Å²) in [6, 6.07) is 4.00. The van der Waals surface area contributed by atoms with E-state index in [1.54, 1.807) is 29.1 Å². The molecule has 2 aromatic rings. The molecule has 1 aliphatic rings. The van der Waals surface area contributed by atoms with Gasteiger partial charge in [-0.05, 0) is 49.3 Å². The highest BCUT2D eigenvalue weighted by atomic mass is 32.2. The third-order valence-electron chi connectivity index (χ3n) is 4.44. The predicted octanol–water partition coefficient (Wildman–Crippen LogP) is 2.22. The van der Waals surface area contributed by atoms with Crippen molar-refractivity contribution in [3.8, 4) is 0 Å². The first-order valence-electron chi connectivity index (χ1n) is 8.44. The van der Waals surface area contributed by atoms with Gasteiger partial charge in [0, 0.05) is 31.7 Å². The maximum atomic E-state index is 11.7. The number of aryl methyl sites for hydroxylation is 1. The summed E-state index contributed by atoms with van der Waals surface area (Å²) in [6.07, 6.45) is 11.9. The predicted molar refractivity (Wildman–Crippen MR) is 97.0 cm³/mol. The Labute approximate surface area is 148 Å². The van der Waals surface area contributed by atoms with Gasteiger partial charge in [0.05, 0.1) is 12.5 Å². The number of hydrogen-bond acceptors (Lipinski definition) is 6. The summed E-state index contributed by atoms with van der Waals surface area (Å²) in [7, 11) is -3.08. The van der Waals surface area contributed by atoms with Crippen molar-refractivity contribution >= 4 is 21.7 Å². The zero-order valence-electron chi connectivity index (χ0n) is 14.3. The summed E-state index contributed by atoms with van der Waals surface area (Å²) in [5, 5.41) is 3.14. The van der Waals surface area contributed by atoms with Gasteiger partial charge < -0.3 is 5.32 Å². The van der Waals surface area contributed by atoms with E-state index in [1.807, 2.05) is 12.1 Å². The minimum atomic E-state index is -3.08. The summed E-state index contributed by atoms with van der Waals surface area (Å²) in [5.74, 6) is 1.80. The number of nitrogens with one attached hydrogen (secondary N) is 1. The summed E-state index contributed by atoms with van der Waals surface area (Å²) >= 11 is 0. The molecule has 0 aliphatic carbocycles. The first-order chi connectivity index (χ1) is 12.0. The van der Waals surface area contributed by atoms with Gasteiger partial charge in [0.15, 0.2) is 0 Å². The molecule has 0 bridgehead atoms. The van der Waals surface area contributed by atoms with Crippen LogP contribution in [0.2, 0.25) is 0 Å². The first kappa shape index (κ1) is 17.8. The molecule has 8 heteroatoms. The molecule has 1 fully saturated rings. The van der Waals surface area contributed by atoms with Crippen LogP contribution in [0.15, 0.2) is 36.9 Å². The number of piperidine rings is 1. The molecule has 3 heterocycles. The average molecular weight is 361 g/mol. The second-order valence-corrected chi connectivity index (χ2v) is 8.42. The molecule has 1 aliphatic heterocycles. The highest BCUT2D eigenvalue weighted by Crippen LogP contribution is 2.23. The summed E-state index contributed by atoms with van der Waals surface area (Å²) in [4.78, 5) is 12.5. The van der Waals surface area contributed by atoms with Crippen molar-refractivity contribution in [3.63, 3.8) is 0 Å². The van der Waals surface area contributed by atoms with Crippen molar-refractivity contribution in [1.29, 1.82) is 0 Å². The number of rotatable bonds is 6. The smallest absolute Gasteiger partial charge is 0.211 e. The highest BCUT2D eigenvalue weighted by molar-refractivity contribution is 7.88. The number of aromatic nitrogens is 3. The van der Waals surface area contributed by atoms with Gasteiger partial charge in [0.2, 0.25) is 10.0 Å². The molecule has 7 nitrogen and oxygen atoms in total. The van der Waals surface area contributed by atoms with Crippen molar-refractivity contribution in [3.05, 3.63) is 42.5 Å². The zero-order valence-corrected chi connectivity index (χ0v) is 15.1. The second-order valence-electron chi connectivity index (χ2n) is 6.43. The van der Waals surface area contributed by atoms with Gasteiger partial charge in [-0.25, -0.2) is 22.7 Å². The van der Waals surface area contributed by atoms with E-state index >= 15 is 0 Å². The second kappa shape index (κ2) is 7.88. The first-order valence-corrected chi connectivity index (χ1v) is 10.3. The normalized spacial score (nSPS) is 18.8. The lowest BCUT2D eigenvalue weighted by molar-refractivity contribution is 0.257. The molecule has 0 amide bonds. The summed E-state index contributed by atoms with van der Waals surface area (Å²) in [5.41, 5.74) is 1.18. The lowest BCUT2D eigenvalue weighted by Crippen LogP contribution is -2.39. The Bertz CT molecular complexity index is 798. The molecule has 2 aromatic heterocycles. The third kappa shape index (κ3) is 5.20. The topological polar surface area (TPSA) is 88.1 Å². The van der Waals surface area contributed by atoms with Crippen LogP contribution in [0.5, 0.6) is 0 Å². The minimum absolute atomic E-state index is 0.410. The van der Waals surface area contributed by atoms with Crippen LogP contribution in [0.3, 0.4) is 0 Å². The van der Waals surface area contributed by atoms with Crippen LogP contribution in [-0.2, 0) is 16.4 Å². The Balaban J connectivity index is 1.57. The Morgan fingerprint density at radius 2 is 2.08 bits per heavy atom. The molecular weight excluding hydrogens is 338 g/mol. The van der Waals surface area contributed by atoms with Gasteiger partial charge in [-0.1, -0.05) is 0 Å². The van der Waals surface area contributed by atoms with Gasteiger partial charge in [-0.3, -0.25) is 4.98 Å². The molecule has 0 radical (unpaired) electrons. The Morgan fingerprint density at radius 3 is 2.84 bits per heavy atom. The molecule has 1 N–H and O–H groups in total. The van der Waals surface area contributed by atoms with Gasteiger partial charge in [-0.2, -0.15) is 0 Å². The fraction of sp³-hybridized carbons (Fsp3) is 0.471. The Kier molecular flexibility index (Phi) is 5.60. The van der Waals surface area contributed by atoms with E-state index in [4.69, 9.17) is 0 Å². The third-order valence-corrected chi connectivity index (χ3v) is 5.71. The van der Waals surface area contributed by atoms with Gasteiger partial charge in [-0.15, -0.1) is 0 Å². The maximum Gasteiger partial charge on any atom is 0.211 e. The van der Waals surface area contributed by atoms with Crippen LogP contribution in [0.1, 0.15) is 24.8 Å². The summed E-state index contributed by atoms with van der Waals surface area (Å²) < 4.78 is 25.1. The van der Waals surface area contributed by atoms with Gasteiger partial charge >= 0.3 is 0 Å². The highest BCUT2D eigenvalue weighted by Gasteiger charge is 2.25. The Morgan fingerprint density at radius 1 is 1.24 bits per heavy atom. The Hall–Kier alpha value is -2.06. The van der Waals surface area contributed by atoms with Crippen molar-refractivity contribution in [1.82, 2.24) is 19.3 Å². The van der Waals surface area contributed by atoms with Crippen LogP contribution in [0.25, 0.3) is 0 Å². The fourth-order valence-corrected chi connectivity index (χ4v) is 4.07.